The molecule has 2 atom stereocenters. The number of ether oxygens (including phenoxy) is 2. The molecule has 0 aromatic heterocycles. The van der Waals surface area contributed by atoms with E-state index in [0.717, 1.165) is 28.4 Å². The molecule has 1 N–H and O–H groups in total. The molecule has 3 rings (SSSR count). The van der Waals surface area contributed by atoms with Gasteiger partial charge in [-0.05, 0) is 76.9 Å². The molecule has 178 valence electrons. The normalized spacial score (nSPS) is 18.5. The summed E-state index contributed by atoms with van der Waals surface area (Å²) >= 11 is 7.14. The molecule has 0 unspecified atom stereocenters. The fraction of sp³-hybridized carbons (Fsp3) is 0.440. The van der Waals surface area contributed by atoms with E-state index in [1.807, 2.05) is 82.2 Å². The highest BCUT2D eigenvalue weighted by Crippen LogP contribution is 2.46. The van der Waals surface area contributed by atoms with Gasteiger partial charge in [-0.15, -0.1) is 11.8 Å². The Morgan fingerprint density at radius 3 is 2.42 bits per heavy atom. The van der Waals surface area contributed by atoms with Crippen LogP contribution in [0.3, 0.4) is 0 Å². The maximum atomic E-state index is 14.0. The minimum atomic E-state index is -0.791. The van der Waals surface area contributed by atoms with Gasteiger partial charge in [-0.25, -0.2) is 0 Å². The van der Waals surface area contributed by atoms with Gasteiger partial charge in [0.05, 0.1) is 18.0 Å². The van der Waals surface area contributed by atoms with Gasteiger partial charge >= 0.3 is 0 Å². The molecule has 1 aliphatic heterocycles. The summed E-state index contributed by atoms with van der Waals surface area (Å²) in [5.41, 5.74) is 1.59. The second-order valence-electron chi connectivity index (χ2n) is 9.27. The third-order valence-electron chi connectivity index (χ3n) is 5.12. The van der Waals surface area contributed by atoms with Gasteiger partial charge in [0, 0.05) is 23.5 Å². The lowest BCUT2D eigenvalue weighted by Gasteiger charge is -2.31. The Balaban J connectivity index is 2.04. The van der Waals surface area contributed by atoms with Crippen molar-refractivity contribution in [3.8, 4) is 5.75 Å². The molecule has 0 bridgehead atoms. The molecule has 2 aromatic rings. The van der Waals surface area contributed by atoms with Crippen molar-refractivity contribution >= 4 is 40.7 Å². The van der Waals surface area contributed by atoms with Crippen molar-refractivity contribution in [3.05, 3.63) is 54.1 Å². The highest BCUT2D eigenvalue weighted by Gasteiger charge is 2.41. The summed E-state index contributed by atoms with van der Waals surface area (Å²) in [6.45, 7) is 7.30. The number of rotatable bonds is 6. The SMILES string of the molecule is COc1ccc([C@H]2Sc3ccccc3N(CCN(C)C)C(=O)[C@H]2OC(=S)NC(C)(C)C)cc1. The molecule has 0 saturated carbocycles. The quantitative estimate of drug-likeness (QED) is 0.602. The van der Waals surface area contributed by atoms with Crippen LogP contribution in [0.15, 0.2) is 53.4 Å². The lowest BCUT2D eigenvalue weighted by Crippen LogP contribution is -2.48. The molecule has 1 aliphatic rings. The molecule has 33 heavy (non-hydrogen) atoms. The average molecular weight is 488 g/mol. The number of thioether (sulfide) groups is 1. The fourth-order valence-electron chi connectivity index (χ4n) is 3.51. The van der Waals surface area contributed by atoms with E-state index in [9.17, 15) is 4.79 Å². The topological polar surface area (TPSA) is 54.0 Å². The van der Waals surface area contributed by atoms with Crippen LogP contribution in [-0.2, 0) is 9.53 Å². The Kier molecular flexibility index (Phi) is 8.26. The monoisotopic (exact) mass is 487 g/mol. The maximum Gasteiger partial charge on any atom is 0.269 e. The number of likely N-dealkylation sites (N-methyl/N-ethyl adjacent to an activating group) is 1. The summed E-state index contributed by atoms with van der Waals surface area (Å²) in [6.07, 6.45) is -0.791. The number of methoxy groups -OCH3 is 1. The summed E-state index contributed by atoms with van der Waals surface area (Å²) < 4.78 is 11.5. The van der Waals surface area contributed by atoms with Crippen molar-refractivity contribution in [2.75, 3.05) is 39.2 Å². The number of thiocarbonyl (C=S) groups is 1. The number of anilines is 1. The summed E-state index contributed by atoms with van der Waals surface area (Å²) in [7, 11) is 5.64. The highest BCUT2D eigenvalue weighted by molar-refractivity contribution is 7.99. The zero-order valence-electron chi connectivity index (χ0n) is 20.1. The van der Waals surface area contributed by atoms with E-state index in [-0.39, 0.29) is 21.9 Å². The summed E-state index contributed by atoms with van der Waals surface area (Å²) in [4.78, 5) is 18.9. The van der Waals surface area contributed by atoms with Crippen LogP contribution in [0.5, 0.6) is 5.75 Å². The summed E-state index contributed by atoms with van der Waals surface area (Å²) in [5, 5.41) is 3.12. The standard InChI is InChI=1S/C25H33N3O3S2/c1-25(2,3)26-24(32)31-21-22(17-11-13-18(30-6)14-12-17)33-20-10-8-7-9-19(20)28(23(21)29)16-15-27(4)5/h7-14,21-22H,15-16H2,1-6H3,(H,26,32)/t21-,22+/m0/s1. The summed E-state index contributed by atoms with van der Waals surface area (Å²) in [5.74, 6) is 0.660. The van der Waals surface area contributed by atoms with Crippen molar-refractivity contribution in [1.29, 1.82) is 0 Å². The number of nitrogens with one attached hydrogen (secondary N) is 1. The highest BCUT2D eigenvalue weighted by atomic mass is 32.2. The van der Waals surface area contributed by atoms with E-state index in [4.69, 9.17) is 21.7 Å². The van der Waals surface area contributed by atoms with Crippen molar-refractivity contribution in [2.24, 2.45) is 0 Å². The zero-order chi connectivity index (χ0) is 24.2. The number of carbonyl (C=O) groups excluding carboxylic acids is 1. The van der Waals surface area contributed by atoms with Crippen molar-refractivity contribution in [1.82, 2.24) is 10.2 Å². The Morgan fingerprint density at radius 2 is 1.82 bits per heavy atom. The number of nitrogens with zero attached hydrogens (tertiary/aromatic N) is 2. The Labute approximate surface area is 206 Å². The van der Waals surface area contributed by atoms with Crippen molar-refractivity contribution in [3.63, 3.8) is 0 Å². The maximum absolute atomic E-state index is 14.0. The lowest BCUT2D eigenvalue weighted by molar-refractivity contribution is -0.126. The van der Waals surface area contributed by atoms with Crippen LogP contribution in [0, 0.1) is 0 Å². The van der Waals surface area contributed by atoms with Gasteiger partial charge in [0.1, 0.15) is 5.75 Å². The van der Waals surface area contributed by atoms with Crippen LogP contribution < -0.4 is 15.0 Å². The fourth-order valence-corrected chi connectivity index (χ4v) is 5.24. The van der Waals surface area contributed by atoms with E-state index in [0.29, 0.717) is 6.54 Å². The number of carbonyl (C=O) groups is 1. The second-order valence-corrected chi connectivity index (χ2v) is 10.8. The Hall–Kier alpha value is -2.29. The number of para-hydroxylation sites is 1. The number of hydrogen-bond acceptors (Lipinski definition) is 6. The van der Waals surface area contributed by atoms with E-state index < -0.39 is 6.10 Å². The van der Waals surface area contributed by atoms with E-state index in [2.05, 4.69) is 16.3 Å². The predicted molar refractivity (Wildman–Crippen MR) is 139 cm³/mol. The largest absolute Gasteiger partial charge is 0.497 e. The van der Waals surface area contributed by atoms with Gasteiger partial charge in [-0.1, -0.05) is 24.3 Å². The van der Waals surface area contributed by atoms with Crippen molar-refractivity contribution in [2.45, 2.75) is 42.6 Å². The molecule has 2 aromatic carbocycles. The third-order valence-corrected chi connectivity index (χ3v) is 6.69. The zero-order valence-corrected chi connectivity index (χ0v) is 21.8. The summed E-state index contributed by atoms with van der Waals surface area (Å²) in [6, 6.07) is 15.8. The minimum Gasteiger partial charge on any atom is -0.497 e. The minimum absolute atomic E-state index is 0.104. The molecule has 1 amide bonds. The molecule has 6 nitrogen and oxygen atoms in total. The molecule has 8 heteroatoms. The molecule has 1 heterocycles. The van der Waals surface area contributed by atoms with Gasteiger partial charge in [0.15, 0.2) is 6.10 Å². The molecule has 0 radical (unpaired) electrons. The Morgan fingerprint density at radius 1 is 1.15 bits per heavy atom. The predicted octanol–water partition coefficient (Wildman–Crippen LogP) is 4.50. The van der Waals surface area contributed by atoms with E-state index in [1.54, 1.807) is 18.9 Å². The number of amides is 1. The van der Waals surface area contributed by atoms with Crippen LogP contribution in [-0.4, -0.2) is 61.9 Å². The van der Waals surface area contributed by atoms with E-state index in [1.165, 1.54) is 0 Å². The van der Waals surface area contributed by atoms with Crippen LogP contribution in [0.1, 0.15) is 31.6 Å². The number of hydrogen-bond donors (Lipinski definition) is 1. The molecule has 0 fully saturated rings. The Bertz CT molecular complexity index is 974. The molecule has 0 saturated heterocycles. The third kappa shape index (κ3) is 6.62. The van der Waals surface area contributed by atoms with Gasteiger partial charge in [0.2, 0.25) is 0 Å². The first kappa shape index (κ1) is 25.3. The van der Waals surface area contributed by atoms with Gasteiger partial charge < -0.3 is 24.6 Å². The lowest BCUT2D eigenvalue weighted by atomic mass is 10.1. The molecular formula is C25H33N3O3S2. The van der Waals surface area contributed by atoms with Crippen LogP contribution >= 0.6 is 24.0 Å². The number of fused-ring (bicyclic) bond motifs is 1. The van der Waals surface area contributed by atoms with Gasteiger partial charge in [0.25, 0.3) is 11.1 Å². The van der Waals surface area contributed by atoms with Crippen LogP contribution in [0.4, 0.5) is 5.69 Å². The van der Waals surface area contributed by atoms with Crippen molar-refractivity contribution < 1.29 is 14.3 Å². The average Bonchev–Trinajstić information content (AvgIpc) is 2.86. The second kappa shape index (κ2) is 10.8. The van der Waals surface area contributed by atoms with Crippen LogP contribution in [0.2, 0.25) is 0 Å². The number of benzene rings is 2. The van der Waals surface area contributed by atoms with E-state index >= 15 is 0 Å². The van der Waals surface area contributed by atoms with Gasteiger partial charge in [-0.3, -0.25) is 4.79 Å². The molecule has 0 spiro atoms. The first-order chi connectivity index (χ1) is 15.6. The first-order valence-corrected chi connectivity index (χ1v) is 12.2. The van der Waals surface area contributed by atoms with Crippen LogP contribution in [0.25, 0.3) is 0 Å². The molecule has 0 aliphatic carbocycles. The molecular weight excluding hydrogens is 454 g/mol. The smallest absolute Gasteiger partial charge is 0.269 e. The first-order valence-electron chi connectivity index (χ1n) is 10.9. The van der Waals surface area contributed by atoms with Gasteiger partial charge in [-0.2, -0.15) is 0 Å².